The summed E-state index contributed by atoms with van der Waals surface area (Å²) in [5.41, 5.74) is 3.50. The van der Waals surface area contributed by atoms with Crippen molar-refractivity contribution in [2.24, 2.45) is 0 Å². The average Bonchev–Trinajstić information content (AvgIpc) is 3.38. The molecule has 5 nitrogen and oxygen atoms in total. The van der Waals surface area contributed by atoms with Crippen LogP contribution in [0.2, 0.25) is 0 Å². The highest BCUT2D eigenvalue weighted by Crippen LogP contribution is 2.18. The third-order valence-electron chi connectivity index (χ3n) is 4.81. The van der Waals surface area contributed by atoms with Crippen molar-refractivity contribution in [3.8, 4) is 0 Å². The molecule has 5 heteroatoms. The van der Waals surface area contributed by atoms with E-state index in [1.165, 1.54) is 11.8 Å². The summed E-state index contributed by atoms with van der Waals surface area (Å²) in [5, 5.41) is 2.90. The maximum absolute atomic E-state index is 12.0. The van der Waals surface area contributed by atoms with E-state index in [1.54, 1.807) is 12.1 Å². The Morgan fingerprint density at radius 1 is 0.964 bits per heavy atom. The standard InChI is InChI=1S/C23H23N3O2/c27-23(21-12-7-17-28-21)24-15-6-13-22-25-19-10-4-5-11-20(19)26(22)16-14-18-8-2-1-3-9-18/h1-5,7-12,17H,6,13-16H2,(H,24,27). The minimum Gasteiger partial charge on any atom is -0.459 e. The third-order valence-corrected chi connectivity index (χ3v) is 4.81. The van der Waals surface area contributed by atoms with Crippen molar-refractivity contribution in [3.05, 3.63) is 90.1 Å². The predicted octanol–water partition coefficient (Wildman–Crippen LogP) is 4.23. The van der Waals surface area contributed by atoms with Crippen LogP contribution in [0.1, 0.15) is 28.4 Å². The molecule has 0 saturated carbocycles. The number of hydrogen-bond acceptors (Lipinski definition) is 3. The number of nitrogens with zero attached hydrogens (tertiary/aromatic N) is 2. The van der Waals surface area contributed by atoms with Crippen molar-refractivity contribution >= 4 is 16.9 Å². The number of amides is 1. The molecule has 0 spiro atoms. The van der Waals surface area contributed by atoms with Gasteiger partial charge in [0.05, 0.1) is 17.3 Å². The molecule has 0 aliphatic carbocycles. The van der Waals surface area contributed by atoms with Crippen LogP contribution in [0.5, 0.6) is 0 Å². The van der Waals surface area contributed by atoms with E-state index < -0.39 is 0 Å². The molecule has 0 saturated heterocycles. The molecule has 0 unspecified atom stereocenters. The van der Waals surface area contributed by atoms with Crippen LogP contribution in [0.3, 0.4) is 0 Å². The minimum absolute atomic E-state index is 0.178. The SMILES string of the molecule is O=C(NCCCc1nc2ccccc2n1CCc1ccccc1)c1ccco1. The monoisotopic (exact) mass is 373 g/mol. The quantitative estimate of drug-likeness (QED) is 0.470. The molecular weight excluding hydrogens is 350 g/mol. The number of aromatic nitrogens is 2. The van der Waals surface area contributed by atoms with Gasteiger partial charge in [0.15, 0.2) is 5.76 Å². The van der Waals surface area contributed by atoms with E-state index >= 15 is 0 Å². The van der Waals surface area contributed by atoms with Crippen molar-refractivity contribution in [2.75, 3.05) is 6.54 Å². The number of hydrogen-bond donors (Lipinski definition) is 1. The van der Waals surface area contributed by atoms with Gasteiger partial charge in [-0.1, -0.05) is 42.5 Å². The van der Waals surface area contributed by atoms with Crippen LogP contribution in [0.15, 0.2) is 77.4 Å². The van der Waals surface area contributed by atoms with E-state index in [0.29, 0.717) is 12.3 Å². The van der Waals surface area contributed by atoms with Crippen LogP contribution in [-0.2, 0) is 19.4 Å². The molecular formula is C23H23N3O2. The van der Waals surface area contributed by atoms with Crippen molar-refractivity contribution in [1.29, 1.82) is 0 Å². The minimum atomic E-state index is -0.178. The number of rotatable bonds is 8. The van der Waals surface area contributed by atoms with Gasteiger partial charge in [-0.25, -0.2) is 4.98 Å². The summed E-state index contributed by atoms with van der Waals surface area (Å²) in [4.78, 5) is 16.8. The second kappa shape index (κ2) is 8.57. The number of aryl methyl sites for hydroxylation is 3. The number of furan rings is 1. The van der Waals surface area contributed by atoms with E-state index in [-0.39, 0.29) is 5.91 Å². The second-order valence-electron chi connectivity index (χ2n) is 6.74. The van der Waals surface area contributed by atoms with Gasteiger partial charge >= 0.3 is 0 Å². The smallest absolute Gasteiger partial charge is 0.286 e. The lowest BCUT2D eigenvalue weighted by Gasteiger charge is -2.10. The van der Waals surface area contributed by atoms with Gasteiger partial charge in [0.2, 0.25) is 0 Å². The Hall–Kier alpha value is -3.34. The Morgan fingerprint density at radius 2 is 1.79 bits per heavy atom. The van der Waals surface area contributed by atoms with Crippen molar-refractivity contribution in [3.63, 3.8) is 0 Å². The van der Waals surface area contributed by atoms with E-state index in [1.807, 2.05) is 12.1 Å². The van der Waals surface area contributed by atoms with Gasteiger partial charge in [0, 0.05) is 19.5 Å². The summed E-state index contributed by atoms with van der Waals surface area (Å²) >= 11 is 0. The van der Waals surface area contributed by atoms with E-state index in [2.05, 4.69) is 52.3 Å². The summed E-state index contributed by atoms with van der Waals surface area (Å²) in [5.74, 6) is 1.22. The lowest BCUT2D eigenvalue weighted by molar-refractivity contribution is 0.0925. The number of fused-ring (bicyclic) bond motifs is 1. The number of imidazole rings is 1. The fourth-order valence-corrected chi connectivity index (χ4v) is 3.39. The number of nitrogens with one attached hydrogen (secondary N) is 1. The largest absolute Gasteiger partial charge is 0.459 e. The van der Waals surface area contributed by atoms with Crippen LogP contribution < -0.4 is 5.32 Å². The van der Waals surface area contributed by atoms with Crippen LogP contribution in [-0.4, -0.2) is 22.0 Å². The molecule has 0 aliphatic heterocycles. The molecule has 2 aromatic carbocycles. The molecule has 142 valence electrons. The van der Waals surface area contributed by atoms with Gasteiger partial charge in [0.1, 0.15) is 5.82 Å². The Balaban J connectivity index is 1.41. The molecule has 2 aromatic heterocycles. The van der Waals surface area contributed by atoms with E-state index in [9.17, 15) is 4.79 Å². The van der Waals surface area contributed by atoms with Crippen molar-refractivity contribution in [2.45, 2.75) is 25.8 Å². The summed E-state index contributed by atoms with van der Waals surface area (Å²) < 4.78 is 7.42. The number of para-hydroxylation sites is 2. The molecule has 4 rings (SSSR count). The molecule has 4 aromatic rings. The molecule has 28 heavy (non-hydrogen) atoms. The Bertz CT molecular complexity index is 1040. The molecule has 2 heterocycles. The van der Waals surface area contributed by atoms with Crippen LogP contribution in [0.4, 0.5) is 0 Å². The highest BCUT2D eigenvalue weighted by atomic mass is 16.3. The molecule has 1 N–H and O–H groups in total. The van der Waals surface area contributed by atoms with Gasteiger partial charge in [-0.05, 0) is 42.7 Å². The Kier molecular flexibility index (Phi) is 5.52. The topological polar surface area (TPSA) is 60.1 Å². The molecule has 1 amide bonds. The van der Waals surface area contributed by atoms with E-state index in [4.69, 9.17) is 9.40 Å². The highest BCUT2D eigenvalue weighted by molar-refractivity contribution is 5.91. The highest BCUT2D eigenvalue weighted by Gasteiger charge is 2.11. The molecule has 0 radical (unpaired) electrons. The lowest BCUT2D eigenvalue weighted by Crippen LogP contribution is -2.24. The zero-order valence-corrected chi connectivity index (χ0v) is 15.7. The fraction of sp³-hybridized carbons (Fsp3) is 0.217. The van der Waals surface area contributed by atoms with Crippen LogP contribution in [0.25, 0.3) is 11.0 Å². The Labute approximate surface area is 164 Å². The first-order chi connectivity index (χ1) is 13.8. The lowest BCUT2D eigenvalue weighted by atomic mass is 10.1. The number of benzene rings is 2. The average molecular weight is 373 g/mol. The van der Waals surface area contributed by atoms with Gasteiger partial charge in [-0.15, -0.1) is 0 Å². The summed E-state index contributed by atoms with van der Waals surface area (Å²) in [6.07, 6.45) is 4.09. The summed E-state index contributed by atoms with van der Waals surface area (Å²) in [7, 11) is 0. The maximum atomic E-state index is 12.0. The van der Waals surface area contributed by atoms with Crippen molar-refractivity contribution < 1.29 is 9.21 Å². The van der Waals surface area contributed by atoms with Gasteiger partial charge in [-0.2, -0.15) is 0 Å². The molecule has 0 fully saturated rings. The summed E-state index contributed by atoms with van der Waals surface area (Å²) in [6, 6.07) is 22.1. The zero-order valence-electron chi connectivity index (χ0n) is 15.7. The second-order valence-corrected chi connectivity index (χ2v) is 6.74. The summed E-state index contributed by atoms with van der Waals surface area (Å²) in [6.45, 7) is 1.47. The maximum Gasteiger partial charge on any atom is 0.286 e. The van der Waals surface area contributed by atoms with Gasteiger partial charge in [0.25, 0.3) is 5.91 Å². The van der Waals surface area contributed by atoms with Gasteiger partial charge in [-0.3, -0.25) is 4.79 Å². The fourth-order valence-electron chi connectivity index (χ4n) is 3.39. The van der Waals surface area contributed by atoms with Crippen LogP contribution >= 0.6 is 0 Å². The normalized spacial score (nSPS) is 11.0. The Morgan fingerprint density at radius 3 is 2.61 bits per heavy atom. The third kappa shape index (κ3) is 4.14. The van der Waals surface area contributed by atoms with Gasteiger partial charge < -0.3 is 14.3 Å². The predicted molar refractivity (Wildman–Crippen MR) is 109 cm³/mol. The zero-order chi connectivity index (χ0) is 19.2. The molecule has 0 aliphatic rings. The first-order valence-electron chi connectivity index (χ1n) is 9.61. The molecule has 0 atom stereocenters. The van der Waals surface area contributed by atoms with E-state index in [0.717, 1.165) is 42.7 Å². The number of carbonyl (C=O) groups is 1. The molecule has 0 bridgehead atoms. The van der Waals surface area contributed by atoms with Crippen molar-refractivity contribution in [1.82, 2.24) is 14.9 Å². The first kappa shape index (κ1) is 18.0. The first-order valence-corrected chi connectivity index (χ1v) is 9.61. The number of carbonyl (C=O) groups excluding carboxylic acids is 1. The van der Waals surface area contributed by atoms with Crippen LogP contribution in [0, 0.1) is 0 Å².